The average molecular weight is 200 g/mol. The van der Waals surface area contributed by atoms with Crippen molar-refractivity contribution in [3.8, 4) is 0 Å². The first-order valence-electron chi connectivity index (χ1n) is 5.33. The average Bonchev–Trinajstić information content (AvgIpc) is 2.24. The van der Waals surface area contributed by atoms with Gasteiger partial charge in [-0.3, -0.25) is 0 Å². The summed E-state index contributed by atoms with van der Waals surface area (Å²) >= 11 is 0. The summed E-state index contributed by atoms with van der Waals surface area (Å²) in [6.45, 7) is 10.6. The van der Waals surface area contributed by atoms with E-state index < -0.39 is 0 Å². The van der Waals surface area contributed by atoms with Gasteiger partial charge in [-0.05, 0) is 47.5 Å². The highest BCUT2D eigenvalue weighted by Gasteiger charge is 2.40. The van der Waals surface area contributed by atoms with Gasteiger partial charge in [0, 0.05) is 5.54 Å². The van der Waals surface area contributed by atoms with E-state index in [1.807, 2.05) is 34.6 Å². The van der Waals surface area contributed by atoms with E-state index in [0.717, 1.165) is 12.8 Å². The maximum absolute atomic E-state index is 11.8. The van der Waals surface area contributed by atoms with E-state index in [0.29, 0.717) is 6.61 Å². The first-order valence-corrected chi connectivity index (χ1v) is 5.33. The van der Waals surface area contributed by atoms with Crippen LogP contribution in [0.5, 0.6) is 0 Å². The predicted octanol–water partition coefficient (Wildman–Crippen LogP) is 2.39. The molecular weight excluding hydrogens is 178 g/mol. The molecule has 83 valence electrons. The summed E-state index contributed by atoms with van der Waals surface area (Å²) in [5.74, 6) is 0. The highest BCUT2D eigenvalue weighted by atomic mass is 16.5. The van der Waals surface area contributed by atoms with Crippen LogP contribution in [0.4, 0.5) is 0 Å². The Hall–Kier alpha value is -0.120. The van der Waals surface area contributed by atoms with Gasteiger partial charge in [0.2, 0.25) is 0 Å². The second-order valence-corrected chi connectivity index (χ2v) is 5.75. The van der Waals surface area contributed by atoms with E-state index in [1.54, 1.807) is 0 Å². The number of hydrogen-bond acceptors (Lipinski definition) is 2. The molecule has 0 aromatic carbocycles. The van der Waals surface area contributed by atoms with E-state index in [9.17, 15) is 5.21 Å². The summed E-state index contributed by atoms with van der Waals surface area (Å²) in [5.41, 5.74) is -0.348. The zero-order chi connectivity index (χ0) is 11.0. The first-order chi connectivity index (χ1) is 6.22. The molecular formula is C11H22NO2. The second kappa shape index (κ2) is 3.80. The predicted molar refractivity (Wildman–Crippen MR) is 55.3 cm³/mol. The highest BCUT2D eigenvalue weighted by Crippen LogP contribution is 2.32. The Morgan fingerprint density at radius 2 is 2.00 bits per heavy atom. The molecule has 0 N–H and O–H groups in total. The molecule has 0 aromatic rings. The zero-order valence-corrected chi connectivity index (χ0v) is 9.96. The molecule has 0 amide bonds. The van der Waals surface area contributed by atoms with Crippen LogP contribution in [0.15, 0.2) is 0 Å². The third-order valence-electron chi connectivity index (χ3n) is 2.73. The lowest BCUT2D eigenvalue weighted by molar-refractivity contribution is -0.232. The van der Waals surface area contributed by atoms with Crippen LogP contribution in [-0.4, -0.2) is 28.9 Å². The van der Waals surface area contributed by atoms with Gasteiger partial charge in [0.05, 0.1) is 18.2 Å². The summed E-state index contributed by atoms with van der Waals surface area (Å²) in [5, 5.41) is 13.0. The van der Waals surface area contributed by atoms with Crippen molar-refractivity contribution in [1.82, 2.24) is 5.06 Å². The van der Waals surface area contributed by atoms with Gasteiger partial charge < -0.3 is 4.74 Å². The van der Waals surface area contributed by atoms with Crippen LogP contribution in [0.25, 0.3) is 0 Å². The van der Waals surface area contributed by atoms with Crippen molar-refractivity contribution in [1.29, 1.82) is 0 Å². The fourth-order valence-electron chi connectivity index (χ4n) is 1.74. The van der Waals surface area contributed by atoms with Gasteiger partial charge in [-0.25, -0.2) is 0 Å². The largest absolute Gasteiger partial charge is 0.374 e. The van der Waals surface area contributed by atoms with Crippen molar-refractivity contribution >= 4 is 0 Å². The van der Waals surface area contributed by atoms with Crippen LogP contribution in [0, 0.1) is 0 Å². The second-order valence-electron chi connectivity index (χ2n) is 5.75. The van der Waals surface area contributed by atoms with Gasteiger partial charge in [0.15, 0.2) is 0 Å². The number of nitrogens with zero attached hydrogens (tertiary/aromatic N) is 1. The summed E-state index contributed by atoms with van der Waals surface area (Å²) in [7, 11) is 0. The molecule has 3 heteroatoms. The maximum atomic E-state index is 11.8. The number of hydroxylamine groups is 2. The third kappa shape index (κ3) is 2.94. The highest BCUT2D eigenvalue weighted by molar-refractivity contribution is 4.89. The summed E-state index contributed by atoms with van der Waals surface area (Å²) < 4.78 is 5.64. The minimum absolute atomic E-state index is 0.0456. The van der Waals surface area contributed by atoms with Crippen LogP contribution in [0.2, 0.25) is 0 Å². The van der Waals surface area contributed by atoms with Crippen molar-refractivity contribution in [2.45, 2.75) is 64.6 Å². The van der Waals surface area contributed by atoms with E-state index in [-0.39, 0.29) is 17.2 Å². The van der Waals surface area contributed by atoms with E-state index in [4.69, 9.17) is 4.74 Å². The Morgan fingerprint density at radius 3 is 2.36 bits per heavy atom. The van der Waals surface area contributed by atoms with Gasteiger partial charge in [-0.1, -0.05) is 0 Å². The molecule has 1 radical (unpaired) electrons. The Labute approximate surface area is 87.0 Å². The van der Waals surface area contributed by atoms with Crippen LogP contribution in [0.3, 0.4) is 0 Å². The summed E-state index contributed by atoms with van der Waals surface area (Å²) in [4.78, 5) is 0. The Balaban J connectivity index is 2.41. The molecule has 0 saturated carbocycles. The molecule has 1 aliphatic heterocycles. The summed E-state index contributed by atoms with van der Waals surface area (Å²) in [6.07, 6.45) is 1.92. The van der Waals surface area contributed by atoms with Gasteiger partial charge in [-0.2, -0.15) is 0 Å². The summed E-state index contributed by atoms with van der Waals surface area (Å²) in [6, 6.07) is 0.0456. The third-order valence-corrected chi connectivity index (χ3v) is 2.73. The van der Waals surface area contributed by atoms with Gasteiger partial charge in [0.25, 0.3) is 0 Å². The van der Waals surface area contributed by atoms with Gasteiger partial charge >= 0.3 is 0 Å². The lowest BCUT2D eigenvalue weighted by atomic mass is 10.0. The molecule has 1 saturated heterocycles. The zero-order valence-electron chi connectivity index (χ0n) is 9.96. The van der Waals surface area contributed by atoms with E-state index in [2.05, 4.69) is 0 Å². The molecule has 1 fully saturated rings. The lowest BCUT2D eigenvalue weighted by Gasteiger charge is -2.29. The maximum Gasteiger partial charge on any atom is 0.0653 e. The molecule has 0 bridgehead atoms. The van der Waals surface area contributed by atoms with Crippen LogP contribution < -0.4 is 0 Å². The monoisotopic (exact) mass is 200 g/mol. The molecule has 0 aliphatic carbocycles. The van der Waals surface area contributed by atoms with Crippen molar-refractivity contribution in [2.24, 2.45) is 0 Å². The quantitative estimate of drug-likeness (QED) is 0.685. The van der Waals surface area contributed by atoms with Crippen molar-refractivity contribution in [3.63, 3.8) is 0 Å². The van der Waals surface area contributed by atoms with Crippen molar-refractivity contribution in [2.75, 3.05) is 6.61 Å². The topological polar surface area (TPSA) is 32.4 Å². The number of hydrogen-bond donors (Lipinski definition) is 0. The normalized spacial score (nSPS) is 28.3. The van der Waals surface area contributed by atoms with E-state index in [1.165, 1.54) is 5.06 Å². The van der Waals surface area contributed by atoms with Gasteiger partial charge in [-0.15, -0.1) is 10.3 Å². The minimum atomic E-state index is -0.202. The van der Waals surface area contributed by atoms with E-state index >= 15 is 0 Å². The van der Waals surface area contributed by atoms with Crippen LogP contribution in [-0.2, 0) is 9.94 Å². The van der Waals surface area contributed by atoms with Crippen molar-refractivity contribution < 1.29 is 9.94 Å². The fraction of sp³-hybridized carbons (Fsp3) is 1.00. The SMILES string of the molecule is CC(C)(C)OCC1CCC(C)(C)N1[O]. The molecule has 0 spiro atoms. The standard InChI is InChI=1S/C11H22NO2/c1-10(2,3)14-8-9-6-7-11(4,5)12(9)13/h9H,6-8H2,1-5H3. The first kappa shape index (κ1) is 12.0. The molecule has 1 unspecified atom stereocenters. The van der Waals surface area contributed by atoms with Crippen molar-refractivity contribution in [3.05, 3.63) is 0 Å². The Bertz CT molecular complexity index is 196. The van der Waals surface area contributed by atoms with Crippen LogP contribution >= 0.6 is 0 Å². The minimum Gasteiger partial charge on any atom is -0.374 e. The van der Waals surface area contributed by atoms with Gasteiger partial charge in [0.1, 0.15) is 0 Å². The number of ether oxygens (including phenoxy) is 1. The molecule has 1 atom stereocenters. The molecule has 1 heterocycles. The Kier molecular flexibility index (Phi) is 3.24. The van der Waals surface area contributed by atoms with Crippen LogP contribution in [0.1, 0.15) is 47.5 Å². The number of rotatable bonds is 2. The molecule has 3 nitrogen and oxygen atoms in total. The smallest absolute Gasteiger partial charge is 0.0653 e. The fourth-order valence-corrected chi connectivity index (χ4v) is 1.74. The molecule has 1 rings (SSSR count). The Morgan fingerprint density at radius 1 is 1.43 bits per heavy atom. The lowest BCUT2D eigenvalue weighted by Crippen LogP contribution is -2.42. The molecule has 1 aliphatic rings. The molecule has 14 heavy (non-hydrogen) atoms. The molecule has 0 aromatic heterocycles.